The van der Waals surface area contributed by atoms with Gasteiger partial charge in [0.15, 0.2) is 0 Å². The number of rotatable bonds is 4. The molecule has 1 amide bonds. The minimum absolute atomic E-state index is 0.104. The number of amides is 1. The Kier molecular flexibility index (Phi) is 5.33. The van der Waals surface area contributed by atoms with Crippen molar-refractivity contribution < 1.29 is 4.79 Å². The van der Waals surface area contributed by atoms with Gasteiger partial charge in [0.2, 0.25) is 0 Å². The van der Waals surface area contributed by atoms with Gasteiger partial charge in [0, 0.05) is 9.13 Å². The molecule has 0 aliphatic rings. The van der Waals surface area contributed by atoms with Crippen LogP contribution < -0.4 is 5.32 Å². The van der Waals surface area contributed by atoms with Crippen LogP contribution in [0.25, 0.3) is 0 Å². The van der Waals surface area contributed by atoms with Crippen molar-refractivity contribution in [2.24, 2.45) is 0 Å². The Morgan fingerprint density at radius 2 is 2.12 bits per heavy atom. The van der Waals surface area contributed by atoms with Crippen molar-refractivity contribution in [1.82, 2.24) is 5.32 Å². The Morgan fingerprint density at radius 1 is 1.50 bits per heavy atom. The molecule has 0 saturated carbocycles. The first-order valence-electron chi connectivity index (χ1n) is 5.20. The molecule has 1 N–H and O–H groups in total. The molecule has 1 rings (SSSR count). The van der Waals surface area contributed by atoms with Gasteiger partial charge in [0.1, 0.15) is 0 Å². The molecule has 16 heavy (non-hydrogen) atoms. The zero-order valence-corrected chi connectivity index (χ0v) is 11.3. The van der Waals surface area contributed by atoms with Gasteiger partial charge >= 0.3 is 0 Å². The second-order valence-corrected chi connectivity index (χ2v) is 4.73. The zero-order chi connectivity index (χ0) is 12.0. The summed E-state index contributed by atoms with van der Waals surface area (Å²) < 4.78 is 1.11. The second-order valence-electron chi connectivity index (χ2n) is 3.49. The van der Waals surface area contributed by atoms with Gasteiger partial charge in [-0.05, 0) is 53.3 Å². The van der Waals surface area contributed by atoms with E-state index in [2.05, 4.69) is 33.8 Å². The van der Waals surface area contributed by atoms with Crippen LogP contribution in [0, 0.1) is 15.9 Å². The fraction of sp³-hybridized carbons (Fsp3) is 0.308. The first-order chi connectivity index (χ1) is 7.67. The van der Waals surface area contributed by atoms with Crippen molar-refractivity contribution in [2.45, 2.75) is 25.8 Å². The molecule has 0 radical (unpaired) electrons. The Morgan fingerprint density at radius 3 is 2.62 bits per heavy atom. The highest BCUT2D eigenvalue weighted by Gasteiger charge is 2.10. The van der Waals surface area contributed by atoms with Gasteiger partial charge in [0.05, 0.1) is 6.04 Å². The molecule has 84 valence electrons. The lowest BCUT2D eigenvalue weighted by atomic mass is 10.1. The first-order valence-corrected chi connectivity index (χ1v) is 6.27. The molecular weight excluding hydrogens is 313 g/mol. The summed E-state index contributed by atoms with van der Waals surface area (Å²) in [6.45, 7) is 2.04. The summed E-state index contributed by atoms with van der Waals surface area (Å²) in [7, 11) is 0. The van der Waals surface area contributed by atoms with Crippen LogP contribution in [0.2, 0.25) is 0 Å². The normalized spacial score (nSPS) is 11.6. The molecule has 0 bridgehead atoms. The number of benzene rings is 1. The number of halogens is 1. The van der Waals surface area contributed by atoms with Gasteiger partial charge < -0.3 is 5.32 Å². The number of hydrogen-bond acceptors (Lipinski definition) is 1. The molecule has 3 heteroatoms. The van der Waals surface area contributed by atoms with E-state index < -0.39 is 0 Å². The summed E-state index contributed by atoms with van der Waals surface area (Å²) in [6.07, 6.45) is 7.12. The van der Waals surface area contributed by atoms with Crippen LogP contribution in [0.5, 0.6) is 0 Å². The monoisotopic (exact) mass is 327 g/mol. The van der Waals surface area contributed by atoms with Crippen molar-refractivity contribution in [3.63, 3.8) is 0 Å². The molecule has 0 spiro atoms. The van der Waals surface area contributed by atoms with Crippen LogP contribution >= 0.6 is 22.6 Å². The van der Waals surface area contributed by atoms with E-state index in [1.54, 1.807) is 12.1 Å². The Hall–Kier alpha value is -1.02. The number of terminal acetylenes is 1. The predicted octanol–water partition coefficient (Wildman–Crippen LogP) is 2.82. The molecule has 1 atom stereocenters. The molecule has 1 aromatic carbocycles. The molecule has 0 heterocycles. The summed E-state index contributed by atoms with van der Waals surface area (Å²) >= 11 is 2.20. The predicted molar refractivity (Wildman–Crippen MR) is 74.2 cm³/mol. The minimum Gasteiger partial charge on any atom is -0.338 e. The van der Waals surface area contributed by atoms with E-state index in [0.29, 0.717) is 5.56 Å². The largest absolute Gasteiger partial charge is 0.338 e. The maximum Gasteiger partial charge on any atom is 0.252 e. The lowest BCUT2D eigenvalue weighted by Crippen LogP contribution is -2.33. The van der Waals surface area contributed by atoms with Crippen LogP contribution in [0.3, 0.4) is 0 Å². The molecule has 0 saturated heterocycles. The third-order valence-electron chi connectivity index (χ3n) is 2.19. The van der Waals surface area contributed by atoms with Crippen molar-refractivity contribution in [1.29, 1.82) is 0 Å². The van der Waals surface area contributed by atoms with Crippen LogP contribution in [-0.2, 0) is 0 Å². The van der Waals surface area contributed by atoms with Gasteiger partial charge in [-0.25, -0.2) is 0 Å². The molecule has 2 nitrogen and oxygen atoms in total. The maximum atomic E-state index is 11.8. The van der Waals surface area contributed by atoms with E-state index in [4.69, 9.17) is 6.42 Å². The number of carbonyl (C=O) groups excluding carboxylic acids is 1. The van der Waals surface area contributed by atoms with Crippen molar-refractivity contribution in [2.75, 3.05) is 0 Å². The summed E-state index contributed by atoms with van der Waals surface area (Å²) in [5.74, 6) is 2.48. The standard InChI is InChI=1S/C13H14INO/c1-3-5-12(4-2)15-13(16)10-6-8-11(14)9-7-10/h2,6-9,12H,3,5H2,1H3,(H,15,16). The third kappa shape index (κ3) is 3.86. The smallest absolute Gasteiger partial charge is 0.252 e. The summed E-state index contributed by atoms with van der Waals surface area (Å²) in [5, 5.41) is 2.83. The molecule has 0 aliphatic heterocycles. The summed E-state index contributed by atoms with van der Waals surface area (Å²) in [4.78, 5) is 11.8. The molecule has 0 fully saturated rings. The molecule has 0 aliphatic carbocycles. The topological polar surface area (TPSA) is 29.1 Å². The third-order valence-corrected chi connectivity index (χ3v) is 2.91. The summed E-state index contributed by atoms with van der Waals surface area (Å²) in [6, 6.07) is 7.24. The van der Waals surface area contributed by atoms with Crippen molar-refractivity contribution in [3.8, 4) is 12.3 Å². The number of nitrogens with one attached hydrogen (secondary N) is 1. The van der Waals surface area contributed by atoms with Gasteiger partial charge in [-0.2, -0.15) is 0 Å². The number of carbonyl (C=O) groups is 1. The Labute approximate surface area is 110 Å². The average Bonchev–Trinajstić information content (AvgIpc) is 2.29. The van der Waals surface area contributed by atoms with E-state index in [0.717, 1.165) is 16.4 Å². The highest BCUT2D eigenvalue weighted by Crippen LogP contribution is 2.07. The lowest BCUT2D eigenvalue weighted by Gasteiger charge is -2.11. The number of hydrogen-bond donors (Lipinski definition) is 1. The average molecular weight is 327 g/mol. The van der Waals surface area contributed by atoms with Gasteiger partial charge in [-0.3, -0.25) is 4.79 Å². The first kappa shape index (κ1) is 13.0. The SMILES string of the molecule is C#CC(CCC)NC(=O)c1ccc(I)cc1. The Balaban J connectivity index is 2.65. The molecule has 1 aromatic rings. The second kappa shape index (κ2) is 6.54. The van der Waals surface area contributed by atoms with E-state index in [-0.39, 0.29) is 11.9 Å². The van der Waals surface area contributed by atoms with E-state index in [1.807, 2.05) is 19.1 Å². The van der Waals surface area contributed by atoms with Crippen LogP contribution in [0.15, 0.2) is 24.3 Å². The molecular formula is C13H14INO. The van der Waals surface area contributed by atoms with Gasteiger partial charge in [0.25, 0.3) is 5.91 Å². The fourth-order valence-electron chi connectivity index (χ4n) is 1.33. The molecule has 1 unspecified atom stereocenters. The van der Waals surface area contributed by atoms with E-state index in [1.165, 1.54) is 0 Å². The maximum absolute atomic E-state index is 11.8. The van der Waals surface area contributed by atoms with Crippen molar-refractivity contribution in [3.05, 3.63) is 33.4 Å². The zero-order valence-electron chi connectivity index (χ0n) is 9.16. The quantitative estimate of drug-likeness (QED) is 0.669. The minimum atomic E-state index is -0.170. The van der Waals surface area contributed by atoms with E-state index >= 15 is 0 Å². The molecule has 0 aromatic heterocycles. The summed E-state index contributed by atoms with van der Waals surface area (Å²) in [5.41, 5.74) is 0.650. The highest BCUT2D eigenvalue weighted by atomic mass is 127. The van der Waals surface area contributed by atoms with Crippen LogP contribution in [-0.4, -0.2) is 11.9 Å². The van der Waals surface area contributed by atoms with Crippen LogP contribution in [0.4, 0.5) is 0 Å². The van der Waals surface area contributed by atoms with Crippen molar-refractivity contribution >= 4 is 28.5 Å². The van der Waals surface area contributed by atoms with E-state index in [9.17, 15) is 4.79 Å². The van der Waals surface area contributed by atoms with Crippen LogP contribution in [0.1, 0.15) is 30.1 Å². The van der Waals surface area contributed by atoms with Gasteiger partial charge in [-0.15, -0.1) is 6.42 Å². The fourth-order valence-corrected chi connectivity index (χ4v) is 1.69. The lowest BCUT2D eigenvalue weighted by molar-refractivity contribution is 0.0944. The Bertz CT molecular complexity index is 391. The van der Waals surface area contributed by atoms with Gasteiger partial charge in [-0.1, -0.05) is 19.3 Å². The highest BCUT2D eigenvalue weighted by molar-refractivity contribution is 14.1.